The second-order valence-electron chi connectivity index (χ2n) is 7.29. The number of benzene rings is 1. The Bertz CT molecular complexity index is 652. The van der Waals surface area contributed by atoms with Crippen LogP contribution in [0.4, 0.5) is 4.79 Å². The van der Waals surface area contributed by atoms with E-state index in [-0.39, 0.29) is 43.0 Å². The summed E-state index contributed by atoms with van der Waals surface area (Å²) < 4.78 is 5.48. The summed E-state index contributed by atoms with van der Waals surface area (Å²) in [5.41, 5.74) is 1.05. The molecule has 1 heterocycles. The quantitative estimate of drug-likeness (QED) is 0.693. The van der Waals surface area contributed by atoms with E-state index >= 15 is 0 Å². The van der Waals surface area contributed by atoms with Crippen LogP contribution in [0.3, 0.4) is 0 Å². The van der Waals surface area contributed by atoms with Gasteiger partial charge < -0.3 is 15.4 Å². The van der Waals surface area contributed by atoms with Gasteiger partial charge >= 0.3 is 6.03 Å². The van der Waals surface area contributed by atoms with Crippen molar-refractivity contribution in [3.63, 3.8) is 0 Å². The summed E-state index contributed by atoms with van der Waals surface area (Å²) in [6.07, 6.45) is 5.50. The molecule has 0 radical (unpaired) electrons. The zero-order valence-corrected chi connectivity index (χ0v) is 17.2. The van der Waals surface area contributed by atoms with Crippen LogP contribution in [0.15, 0.2) is 24.3 Å². The normalized spacial score (nSPS) is 20.7. The minimum Gasteiger partial charge on any atom is -0.496 e. The Balaban J connectivity index is 0.00000280. The van der Waals surface area contributed by atoms with Crippen molar-refractivity contribution < 1.29 is 14.3 Å². The lowest BCUT2D eigenvalue weighted by Crippen LogP contribution is -2.52. The first-order valence-corrected chi connectivity index (χ1v) is 9.85. The maximum Gasteiger partial charge on any atom is 0.321 e. The van der Waals surface area contributed by atoms with Crippen molar-refractivity contribution in [2.45, 2.75) is 44.2 Å². The van der Waals surface area contributed by atoms with Gasteiger partial charge in [-0.25, -0.2) is 4.79 Å². The van der Waals surface area contributed by atoms with Gasteiger partial charge in [-0.05, 0) is 18.9 Å². The first kappa shape index (κ1) is 22.5. The fraction of sp³-hybridized carbons (Fsp3) is 0.600. The van der Waals surface area contributed by atoms with E-state index in [0.717, 1.165) is 56.6 Å². The van der Waals surface area contributed by atoms with Gasteiger partial charge in [0.25, 0.3) is 0 Å². The van der Waals surface area contributed by atoms with Crippen molar-refractivity contribution in [2.24, 2.45) is 0 Å². The lowest BCUT2D eigenvalue weighted by atomic mass is 9.96. The first-order valence-electron chi connectivity index (χ1n) is 9.85. The summed E-state index contributed by atoms with van der Waals surface area (Å²) in [6.45, 7) is 2.47. The highest BCUT2D eigenvalue weighted by atomic mass is 35.5. The predicted octanol–water partition coefficient (Wildman–Crippen LogP) is 2.22. The van der Waals surface area contributed by atoms with E-state index in [1.165, 1.54) is 6.42 Å². The average Bonchev–Trinajstić information content (AvgIpc) is 2.69. The van der Waals surface area contributed by atoms with Gasteiger partial charge in [0.05, 0.1) is 19.7 Å². The van der Waals surface area contributed by atoms with Crippen LogP contribution in [0.25, 0.3) is 0 Å². The number of piperazine rings is 1. The molecule has 1 aromatic rings. The van der Waals surface area contributed by atoms with Crippen molar-refractivity contribution in [3.8, 4) is 5.75 Å². The minimum atomic E-state index is -0.379. The number of hydrogen-bond donors (Lipinski definition) is 3. The van der Waals surface area contributed by atoms with Gasteiger partial charge in [0, 0.05) is 31.2 Å². The van der Waals surface area contributed by atoms with Crippen molar-refractivity contribution in [2.75, 3.05) is 33.3 Å². The van der Waals surface area contributed by atoms with Crippen LogP contribution in [-0.4, -0.2) is 56.2 Å². The molecular formula is C20H31ClN4O3. The molecule has 0 bridgehead atoms. The van der Waals surface area contributed by atoms with Crippen molar-refractivity contribution in [1.82, 2.24) is 20.9 Å². The molecule has 1 saturated heterocycles. The minimum absolute atomic E-state index is 0. The van der Waals surface area contributed by atoms with Crippen LogP contribution in [-0.2, 0) is 4.79 Å². The van der Waals surface area contributed by atoms with E-state index in [4.69, 9.17) is 4.74 Å². The van der Waals surface area contributed by atoms with E-state index in [0.29, 0.717) is 0 Å². The van der Waals surface area contributed by atoms with Crippen LogP contribution in [0, 0.1) is 0 Å². The smallest absolute Gasteiger partial charge is 0.321 e. The summed E-state index contributed by atoms with van der Waals surface area (Å²) in [6, 6.07) is 7.70. The second-order valence-corrected chi connectivity index (χ2v) is 7.29. The molecule has 3 N–H and O–H groups in total. The number of nitrogens with one attached hydrogen (secondary N) is 3. The molecule has 2 aliphatic rings. The van der Waals surface area contributed by atoms with Gasteiger partial charge in [-0.1, -0.05) is 37.5 Å². The zero-order chi connectivity index (χ0) is 19.1. The monoisotopic (exact) mass is 410 g/mol. The summed E-state index contributed by atoms with van der Waals surface area (Å²) in [4.78, 5) is 26.6. The number of para-hydroxylation sites is 1. The average molecular weight is 411 g/mol. The van der Waals surface area contributed by atoms with Crippen LogP contribution < -0.4 is 20.7 Å². The fourth-order valence-electron chi connectivity index (χ4n) is 4.00. The number of ether oxygens (including phenoxy) is 1. The highest BCUT2D eigenvalue weighted by Crippen LogP contribution is 2.29. The summed E-state index contributed by atoms with van der Waals surface area (Å²) in [5, 5.41) is 8.79. The number of amides is 3. The Morgan fingerprint density at radius 2 is 1.96 bits per heavy atom. The summed E-state index contributed by atoms with van der Waals surface area (Å²) in [7, 11) is 1.65. The number of rotatable bonds is 5. The number of imide groups is 1. The number of urea groups is 1. The SMILES string of the molecule is COc1ccccc1C1CNCCN1CC(=O)NC(=O)NC1CCCCC1.Cl. The molecule has 1 aliphatic carbocycles. The largest absolute Gasteiger partial charge is 0.496 e. The highest BCUT2D eigenvalue weighted by molar-refractivity contribution is 5.95. The van der Waals surface area contributed by atoms with Gasteiger partial charge in [-0.15, -0.1) is 12.4 Å². The van der Waals surface area contributed by atoms with Crippen molar-refractivity contribution in [3.05, 3.63) is 29.8 Å². The second kappa shape index (κ2) is 11.2. The fourth-order valence-corrected chi connectivity index (χ4v) is 4.00. The topological polar surface area (TPSA) is 82.7 Å². The third-order valence-electron chi connectivity index (χ3n) is 5.39. The van der Waals surface area contributed by atoms with Gasteiger partial charge in [0.1, 0.15) is 5.75 Å². The number of halogens is 1. The van der Waals surface area contributed by atoms with E-state index < -0.39 is 0 Å². The zero-order valence-electron chi connectivity index (χ0n) is 16.4. The van der Waals surface area contributed by atoms with E-state index in [9.17, 15) is 9.59 Å². The third-order valence-corrected chi connectivity index (χ3v) is 5.39. The van der Waals surface area contributed by atoms with Gasteiger partial charge in [0.15, 0.2) is 0 Å². The maximum absolute atomic E-state index is 12.4. The lowest BCUT2D eigenvalue weighted by molar-refractivity contribution is -0.122. The molecule has 0 aromatic heterocycles. The van der Waals surface area contributed by atoms with Crippen molar-refractivity contribution >= 4 is 24.3 Å². The molecule has 3 amide bonds. The lowest BCUT2D eigenvalue weighted by Gasteiger charge is -2.36. The number of hydrogen-bond acceptors (Lipinski definition) is 5. The third kappa shape index (κ3) is 6.09. The molecule has 156 valence electrons. The molecule has 1 saturated carbocycles. The first-order chi connectivity index (χ1) is 13.2. The van der Waals surface area contributed by atoms with Gasteiger partial charge in [-0.3, -0.25) is 15.0 Å². The van der Waals surface area contributed by atoms with Crippen molar-refractivity contribution in [1.29, 1.82) is 0 Å². The molecule has 1 unspecified atom stereocenters. The summed E-state index contributed by atoms with van der Waals surface area (Å²) >= 11 is 0. The van der Waals surface area contributed by atoms with Gasteiger partial charge in [0.2, 0.25) is 5.91 Å². The number of carbonyl (C=O) groups is 2. The van der Waals surface area contributed by atoms with Crippen LogP contribution in [0.1, 0.15) is 43.7 Å². The Labute approximate surface area is 173 Å². The Hall–Kier alpha value is -1.83. The highest BCUT2D eigenvalue weighted by Gasteiger charge is 2.28. The molecule has 1 aliphatic heterocycles. The molecule has 3 rings (SSSR count). The molecule has 8 heteroatoms. The van der Waals surface area contributed by atoms with Crippen LogP contribution in [0.2, 0.25) is 0 Å². The molecule has 1 atom stereocenters. The molecule has 7 nitrogen and oxygen atoms in total. The summed E-state index contributed by atoms with van der Waals surface area (Å²) in [5.74, 6) is 0.539. The number of nitrogens with zero attached hydrogens (tertiary/aromatic N) is 1. The Kier molecular flexibility index (Phi) is 9.02. The maximum atomic E-state index is 12.4. The number of methoxy groups -OCH3 is 1. The van der Waals surface area contributed by atoms with E-state index in [2.05, 4.69) is 20.9 Å². The van der Waals surface area contributed by atoms with Gasteiger partial charge in [-0.2, -0.15) is 0 Å². The number of carbonyl (C=O) groups excluding carboxylic acids is 2. The molecular weight excluding hydrogens is 380 g/mol. The molecule has 2 fully saturated rings. The van der Waals surface area contributed by atoms with E-state index in [1.54, 1.807) is 7.11 Å². The predicted molar refractivity (Wildman–Crippen MR) is 111 cm³/mol. The Morgan fingerprint density at radius 3 is 2.71 bits per heavy atom. The standard InChI is InChI=1S/C20H30N4O3.ClH/c1-27-18-10-6-5-9-16(18)17-13-21-11-12-24(17)14-19(25)23-20(26)22-15-7-3-2-4-8-15;/h5-6,9-10,15,17,21H,2-4,7-8,11-14H2,1H3,(H2,22,23,25,26);1H. The Morgan fingerprint density at radius 1 is 1.21 bits per heavy atom. The molecule has 0 spiro atoms. The van der Waals surface area contributed by atoms with E-state index in [1.807, 2.05) is 24.3 Å². The molecule has 1 aromatic carbocycles. The van der Waals surface area contributed by atoms with Crippen LogP contribution >= 0.6 is 12.4 Å². The van der Waals surface area contributed by atoms with Crippen LogP contribution in [0.5, 0.6) is 5.75 Å². The molecule has 28 heavy (non-hydrogen) atoms.